The van der Waals surface area contributed by atoms with E-state index in [1.165, 1.54) is 0 Å². The minimum atomic E-state index is -0.913. The lowest BCUT2D eigenvalue weighted by molar-refractivity contribution is -0.134. The molecule has 6 heteroatoms. The number of hydrogen-bond donors (Lipinski definition) is 2. The Kier molecular flexibility index (Phi) is 6.86. The molecule has 0 aliphatic heterocycles. The topological polar surface area (TPSA) is 86.9 Å². The van der Waals surface area contributed by atoms with E-state index in [1.807, 2.05) is 13.8 Å². The molecule has 1 aliphatic rings. The standard InChI is InChI=1S/C17H33N3O3/c1-6-7-10-17(2,3)20(16(22)23)14-9-8-12(11-13(14)18)15(21)19(4)5/h12-14H,6-11,18H2,1-5H3,(H,22,23)/t12-,13+,14-/m0/s1. The molecule has 0 bridgehead atoms. The van der Waals surface area contributed by atoms with Gasteiger partial charge in [-0.25, -0.2) is 4.79 Å². The first-order valence-corrected chi connectivity index (χ1v) is 8.60. The van der Waals surface area contributed by atoms with Gasteiger partial charge in [-0.2, -0.15) is 0 Å². The molecular formula is C17H33N3O3. The first-order chi connectivity index (χ1) is 10.6. The van der Waals surface area contributed by atoms with Gasteiger partial charge in [-0.3, -0.25) is 9.69 Å². The Hall–Kier alpha value is -1.30. The summed E-state index contributed by atoms with van der Waals surface area (Å²) < 4.78 is 0. The molecule has 2 amide bonds. The van der Waals surface area contributed by atoms with Crippen LogP contribution in [0.4, 0.5) is 4.79 Å². The highest BCUT2D eigenvalue weighted by atomic mass is 16.4. The molecular weight excluding hydrogens is 294 g/mol. The maximum atomic E-state index is 12.1. The van der Waals surface area contributed by atoms with Crippen LogP contribution in [0.5, 0.6) is 0 Å². The summed E-state index contributed by atoms with van der Waals surface area (Å²) in [6.45, 7) is 6.05. The molecule has 0 saturated heterocycles. The number of amides is 2. The zero-order valence-corrected chi connectivity index (χ0v) is 15.2. The minimum Gasteiger partial charge on any atom is -0.465 e. The van der Waals surface area contributed by atoms with Crippen molar-refractivity contribution >= 4 is 12.0 Å². The Morgan fingerprint density at radius 2 is 1.87 bits per heavy atom. The highest BCUT2D eigenvalue weighted by Gasteiger charge is 2.42. The van der Waals surface area contributed by atoms with Gasteiger partial charge in [0.05, 0.1) is 6.04 Å². The lowest BCUT2D eigenvalue weighted by Gasteiger charge is -2.47. The second-order valence-corrected chi connectivity index (χ2v) is 7.54. The van der Waals surface area contributed by atoms with E-state index in [0.717, 1.165) is 19.3 Å². The molecule has 3 N–H and O–H groups in total. The number of hydrogen-bond acceptors (Lipinski definition) is 3. The van der Waals surface area contributed by atoms with E-state index in [9.17, 15) is 14.7 Å². The van der Waals surface area contributed by atoms with Crippen LogP contribution in [0.15, 0.2) is 0 Å². The molecule has 6 nitrogen and oxygen atoms in total. The van der Waals surface area contributed by atoms with Crippen molar-refractivity contribution in [3.05, 3.63) is 0 Å². The zero-order valence-electron chi connectivity index (χ0n) is 15.2. The molecule has 0 heterocycles. The summed E-state index contributed by atoms with van der Waals surface area (Å²) in [6, 6.07) is -0.514. The van der Waals surface area contributed by atoms with Gasteiger partial charge in [0.15, 0.2) is 0 Å². The summed E-state index contributed by atoms with van der Waals surface area (Å²) in [7, 11) is 3.49. The van der Waals surface area contributed by atoms with Crippen LogP contribution in [0.1, 0.15) is 59.3 Å². The van der Waals surface area contributed by atoms with Crippen molar-refractivity contribution < 1.29 is 14.7 Å². The summed E-state index contributed by atoms with van der Waals surface area (Å²) in [5.74, 6) is -0.00309. The van der Waals surface area contributed by atoms with Crippen LogP contribution >= 0.6 is 0 Å². The van der Waals surface area contributed by atoms with Gasteiger partial charge in [0.1, 0.15) is 0 Å². The summed E-state index contributed by atoms with van der Waals surface area (Å²) >= 11 is 0. The van der Waals surface area contributed by atoms with Gasteiger partial charge in [-0.05, 0) is 39.5 Å². The maximum Gasteiger partial charge on any atom is 0.408 e. The van der Waals surface area contributed by atoms with Gasteiger partial charge < -0.3 is 15.7 Å². The Morgan fingerprint density at radius 1 is 1.26 bits per heavy atom. The second-order valence-electron chi connectivity index (χ2n) is 7.54. The fraction of sp³-hybridized carbons (Fsp3) is 0.882. The van der Waals surface area contributed by atoms with Gasteiger partial charge in [0, 0.05) is 31.6 Å². The van der Waals surface area contributed by atoms with Crippen molar-refractivity contribution in [1.82, 2.24) is 9.80 Å². The van der Waals surface area contributed by atoms with E-state index in [4.69, 9.17) is 5.73 Å². The Bertz CT molecular complexity index is 423. The smallest absolute Gasteiger partial charge is 0.408 e. The van der Waals surface area contributed by atoms with Crippen molar-refractivity contribution in [1.29, 1.82) is 0 Å². The van der Waals surface area contributed by atoms with Gasteiger partial charge in [-0.1, -0.05) is 19.8 Å². The molecule has 134 valence electrons. The number of unbranched alkanes of at least 4 members (excludes halogenated alkanes) is 1. The van der Waals surface area contributed by atoms with Crippen LogP contribution in [-0.4, -0.2) is 58.6 Å². The average molecular weight is 327 g/mol. The molecule has 23 heavy (non-hydrogen) atoms. The minimum absolute atomic E-state index is 0.0889. The van der Waals surface area contributed by atoms with E-state index in [1.54, 1.807) is 23.9 Å². The molecule has 1 saturated carbocycles. The molecule has 0 unspecified atom stereocenters. The molecule has 1 rings (SSSR count). The largest absolute Gasteiger partial charge is 0.465 e. The van der Waals surface area contributed by atoms with Crippen LogP contribution in [-0.2, 0) is 4.79 Å². The van der Waals surface area contributed by atoms with Gasteiger partial charge in [0.2, 0.25) is 5.91 Å². The Morgan fingerprint density at radius 3 is 2.30 bits per heavy atom. The number of carbonyl (C=O) groups is 2. The van der Waals surface area contributed by atoms with Gasteiger partial charge in [-0.15, -0.1) is 0 Å². The summed E-state index contributed by atoms with van der Waals surface area (Å²) in [5.41, 5.74) is 5.85. The van der Waals surface area contributed by atoms with Crippen molar-refractivity contribution in [2.75, 3.05) is 14.1 Å². The van der Waals surface area contributed by atoms with E-state index in [2.05, 4.69) is 6.92 Å². The predicted molar refractivity (Wildman–Crippen MR) is 91.3 cm³/mol. The second kappa shape index (κ2) is 7.99. The number of nitrogens with two attached hydrogens (primary N) is 1. The first kappa shape index (κ1) is 19.7. The molecule has 1 aliphatic carbocycles. The monoisotopic (exact) mass is 327 g/mol. The quantitative estimate of drug-likeness (QED) is 0.785. The number of rotatable bonds is 6. The van der Waals surface area contributed by atoms with E-state index < -0.39 is 11.6 Å². The van der Waals surface area contributed by atoms with Crippen molar-refractivity contribution in [2.45, 2.75) is 76.9 Å². The van der Waals surface area contributed by atoms with E-state index in [-0.39, 0.29) is 23.9 Å². The SMILES string of the molecule is CCCCC(C)(C)N(C(=O)O)[C@H]1CC[C@H](C(=O)N(C)C)C[C@H]1N. The highest BCUT2D eigenvalue weighted by Crippen LogP contribution is 2.33. The fourth-order valence-corrected chi connectivity index (χ4v) is 3.68. The van der Waals surface area contributed by atoms with Crippen LogP contribution in [0, 0.1) is 5.92 Å². The normalized spacial score (nSPS) is 25.0. The Balaban J connectivity index is 2.86. The Labute approximate surface area is 140 Å². The maximum absolute atomic E-state index is 12.1. The molecule has 0 radical (unpaired) electrons. The van der Waals surface area contributed by atoms with E-state index >= 15 is 0 Å². The molecule has 3 atom stereocenters. The number of carbonyl (C=O) groups excluding carboxylic acids is 1. The van der Waals surface area contributed by atoms with Gasteiger partial charge >= 0.3 is 6.09 Å². The lowest BCUT2D eigenvalue weighted by atomic mass is 9.79. The third-order valence-electron chi connectivity index (χ3n) is 4.98. The third kappa shape index (κ3) is 4.83. The molecule has 0 aromatic carbocycles. The van der Waals surface area contributed by atoms with Gasteiger partial charge in [0.25, 0.3) is 0 Å². The average Bonchev–Trinajstić information content (AvgIpc) is 2.45. The molecule has 1 fully saturated rings. The summed E-state index contributed by atoms with van der Waals surface area (Å²) in [6.07, 6.45) is 3.82. The van der Waals surface area contributed by atoms with Crippen LogP contribution < -0.4 is 5.73 Å². The lowest BCUT2D eigenvalue weighted by Crippen LogP contribution is -2.60. The van der Waals surface area contributed by atoms with E-state index in [0.29, 0.717) is 19.3 Å². The van der Waals surface area contributed by atoms with Crippen LogP contribution in [0.25, 0.3) is 0 Å². The highest BCUT2D eigenvalue weighted by molar-refractivity contribution is 5.78. The fourth-order valence-electron chi connectivity index (χ4n) is 3.68. The van der Waals surface area contributed by atoms with Crippen molar-refractivity contribution in [3.8, 4) is 0 Å². The molecule has 0 spiro atoms. The number of nitrogens with zero attached hydrogens (tertiary/aromatic N) is 2. The summed E-state index contributed by atoms with van der Waals surface area (Å²) in [5, 5.41) is 9.74. The molecule has 0 aromatic heterocycles. The van der Waals surface area contributed by atoms with Crippen LogP contribution in [0.3, 0.4) is 0 Å². The molecule has 0 aromatic rings. The van der Waals surface area contributed by atoms with Crippen molar-refractivity contribution in [3.63, 3.8) is 0 Å². The predicted octanol–water partition coefficient (Wildman–Crippen LogP) is 2.52. The first-order valence-electron chi connectivity index (χ1n) is 8.60. The third-order valence-corrected chi connectivity index (χ3v) is 4.98. The van der Waals surface area contributed by atoms with Crippen molar-refractivity contribution in [2.24, 2.45) is 11.7 Å². The number of carboxylic acid groups (broad SMARTS) is 1. The van der Waals surface area contributed by atoms with Crippen LogP contribution in [0.2, 0.25) is 0 Å². The summed E-state index contributed by atoms with van der Waals surface area (Å²) in [4.78, 5) is 27.1. The zero-order chi connectivity index (χ0) is 17.8.